The molecule has 0 aliphatic heterocycles. The van der Waals surface area contributed by atoms with E-state index in [1.165, 1.54) is 36.0 Å². The van der Waals surface area contributed by atoms with Gasteiger partial charge in [-0.25, -0.2) is 4.68 Å². The lowest BCUT2D eigenvalue weighted by atomic mass is 9.78. The number of nitrogens with one attached hydrogen (secondary N) is 1. The van der Waals surface area contributed by atoms with Crippen molar-refractivity contribution in [1.82, 2.24) is 15.1 Å². The summed E-state index contributed by atoms with van der Waals surface area (Å²) in [5, 5.41) is 8.28. The highest BCUT2D eigenvalue weighted by Gasteiger charge is 2.31. The van der Waals surface area contributed by atoms with Crippen molar-refractivity contribution in [3.63, 3.8) is 0 Å². The van der Waals surface area contributed by atoms with Gasteiger partial charge in [0.15, 0.2) is 0 Å². The first-order chi connectivity index (χ1) is 11.7. The topological polar surface area (TPSA) is 29.9 Å². The first kappa shape index (κ1) is 15.2. The lowest BCUT2D eigenvalue weighted by Gasteiger charge is -2.37. The third-order valence-corrected chi connectivity index (χ3v) is 5.07. The summed E-state index contributed by atoms with van der Waals surface area (Å²) in [5.41, 5.74) is 5.29. The van der Waals surface area contributed by atoms with Gasteiger partial charge in [-0.2, -0.15) is 5.10 Å². The van der Waals surface area contributed by atoms with E-state index in [4.69, 9.17) is 0 Å². The number of hydrogen-bond donors (Lipinski definition) is 1. The standard InChI is InChI=1S/C21H23N3/c1-21(13-7-9-18-8-5-6-12-20(18)21)22-14-17-15-23-24(16-17)19-10-3-2-4-11-19/h2-6,8,10-12,15-16,22H,7,9,13-14H2,1H3. The Hall–Kier alpha value is -2.39. The van der Waals surface area contributed by atoms with Crippen molar-refractivity contribution in [3.8, 4) is 5.69 Å². The van der Waals surface area contributed by atoms with Crippen LogP contribution in [0.25, 0.3) is 5.69 Å². The average Bonchev–Trinajstić information content (AvgIpc) is 3.11. The highest BCUT2D eigenvalue weighted by atomic mass is 15.3. The maximum absolute atomic E-state index is 4.49. The van der Waals surface area contributed by atoms with Gasteiger partial charge < -0.3 is 5.32 Å². The number of para-hydroxylation sites is 1. The Morgan fingerprint density at radius 3 is 2.75 bits per heavy atom. The van der Waals surface area contributed by atoms with Crippen LogP contribution >= 0.6 is 0 Å². The molecule has 3 nitrogen and oxygen atoms in total. The fraction of sp³-hybridized carbons (Fsp3) is 0.286. The number of fused-ring (bicyclic) bond motifs is 1. The third kappa shape index (κ3) is 2.87. The molecule has 0 radical (unpaired) electrons. The fourth-order valence-corrected chi connectivity index (χ4v) is 3.70. The Kier molecular flexibility index (Phi) is 3.95. The van der Waals surface area contributed by atoms with Crippen LogP contribution in [0.3, 0.4) is 0 Å². The predicted molar refractivity (Wildman–Crippen MR) is 97.1 cm³/mol. The number of benzene rings is 2. The lowest BCUT2D eigenvalue weighted by Crippen LogP contribution is -2.41. The van der Waals surface area contributed by atoms with E-state index in [1.54, 1.807) is 0 Å². The summed E-state index contributed by atoms with van der Waals surface area (Å²) >= 11 is 0. The van der Waals surface area contributed by atoms with Crippen molar-refractivity contribution in [2.24, 2.45) is 0 Å². The van der Waals surface area contributed by atoms with Crippen molar-refractivity contribution >= 4 is 0 Å². The van der Waals surface area contributed by atoms with Gasteiger partial charge in [-0.1, -0.05) is 42.5 Å². The Morgan fingerprint density at radius 2 is 1.88 bits per heavy atom. The van der Waals surface area contributed by atoms with Gasteiger partial charge in [0, 0.05) is 23.8 Å². The highest BCUT2D eigenvalue weighted by Crippen LogP contribution is 2.35. The molecule has 1 aliphatic carbocycles. The first-order valence-electron chi connectivity index (χ1n) is 8.67. The van der Waals surface area contributed by atoms with E-state index in [1.807, 2.05) is 29.1 Å². The van der Waals surface area contributed by atoms with Gasteiger partial charge in [0.1, 0.15) is 0 Å². The van der Waals surface area contributed by atoms with E-state index in [0.29, 0.717) is 0 Å². The summed E-state index contributed by atoms with van der Waals surface area (Å²) in [6.45, 7) is 3.16. The number of aryl methyl sites for hydroxylation is 1. The largest absolute Gasteiger partial charge is 0.303 e. The van der Waals surface area contributed by atoms with Gasteiger partial charge in [0.05, 0.1) is 11.9 Å². The van der Waals surface area contributed by atoms with Gasteiger partial charge in [-0.3, -0.25) is 0 Å². The van der Waals surface area contributed by atoms with Crippen LogP contribution in [-0.4, -0.2) is 9.78 Å². The van der Waals surface area contributed by atoms with Gasteiger partial charge in [-0.15, -0.1) is 0 Å². The van der Waals surface area contributed by atoms with E-state index < -0.39 is 0 Å². The second-order valence-electron chi connectivity index (χ2n) is 6.83. The molecule has 3 aromatic rings. The molecule has 24 heavy (non-hydrogen) atoms. The van der Waals surface area contributed by atoms with E-state index in [0.717, 1.165) is 12.2 Å². The molecule has 0 bridgehead atoms. The molecule has 2 aromatic carbocycles. The first-order valence-corrected chi connectivity index (χ1v) is 8.67. The maximum atomic E-state index is 4.49. The average molecular weight is 317 g/mol. The van der Waals surface area contributed by atoms with Gasteiger partial charge >= 0.3 is 0 Å². The molecule has 0 saturated heterocycles. The van der Waals surface area contributed by atoms with Crippen LogP contribution in [0, 0.1) is 0 Å². The molecule has 0 fully saturated rings. The molecule has 1 unspecified atom stereocenters. The molecule has 4 rings (SSSR count). The van der Waals surface area contributed by atoms with Crippen LogP contribution in [0.15, 0.2) is 67.0 Å². The fourth-order valence-electron chi connectivity index (χ4n) is 3.70. The Balaban J connectivity index is 1.51. The zero-order valence-corrected chi connectivity index (χ0v) is 14.1. The molecular formula is C21H23N3. The zero-order chi connectivity index (χ0) is 16.4. The van der Waals surface area contributed by atoms with Gasteiger partial charge in [0.25, 0.3) is 0 Å². The molecular weight excluding hydrogens is 294 g/mol. The summed E-state index contributed by atoms with van der Waals surface area (Å²) in [7, 11) is 0. The minimum Gasteiger partial charge on any atom is -0.303 e. The Morgan fingerprint density at radius 1 is 1.08 bits per heavy atom. The summed E-state index contributed by atoms with van der Waals surface area (Å²) in [6.07, 6.45) is 7.68. The smallest absolute Gasteiger partial charge is 0.0645 e. The van der Waals surface area contributed by atoms with Crippen molar-refractivity contribution in [1.29, 1.82) is 0 Å². The molecule has 1 N–H and O–H groups in total. The Labute approximate surface area is 143 Å². The van der Waals surface area contributed by atoms with Gasteiger partial charge in [0.2, 0.25) is 0 Å². The SMILES string of the molecule is CC1(NCc2cnn(-c3ccccc3)c2)CCCc2ccccc21. The van der Waals surface area contributed by atoms with E-state index in [-0.39, 0.29) is 5.54 Å². The second-order valence-corrected chi connectivity index (χ2v) is 6.83. The minimum absolute atomic E-state index is 0.0453. The number of nitrogens with zero attached hydrogens (tertiary/aromatic N) is 2. The summed E-state index contributed by atoms with van der Waals surface area (Å²) in [4.78, 5) is 0. The highest BCUT2D eigenvalue weighted by molar-refractivity contribution is 5.36. The molecule has 1 aliphatic rings. The van der Waals surface area contributed by atoms with E-state index in [9.17, 15) is 0 Å². The number of rotatable bonds is 4. The number of hydrogen-bond acceptors (Lipinski definition) is 2. The molecule has 1 atom stereocenters. The van der Waals surface area contributed by atoms with Crippen LogP contribution in [0.2, 0.25) is 0 Å². The van der Waals surface area contributed by atoms with Crippen LogP contribution < -0.4 is 5.32 Å². The summed E-state index contributed by atoms with van der Waals surface area (Å²) in [6, 6.07) is 19.1. The molecule has 0 amide bonds. The predicted octanol–water partition coefficient (Wildman–Crippen LogP) is 4.21. The summed E-state index contributed by atoms with van der Waals surface area (Å²) < 4.78 is 1.94. The third-order valence-electron chi connectivity index (χ3n) is 5.07. The van der Waals surface area contributed by atoms with Crippen molar-refractivity contribution in [3.05, 3.63) is 83.7 Å². The van der Waals surface area contributed by atoms with Crippen molar-refractivity contribution < 1.29 is 0 Å². The van der Waals surface area contributed by atoms with Crippen LogP contribution in [-0.2, 0) is 18.5 Å². The van der Waals surface area contributed by atoms with Crippen LogP contribution in [0.4, 0.5) is 0 Å². The minimum atomic E-state index is 0.0453. The van der Waals surface area contributed by atoms with Crippen LogP contribution in [0.1, 0.15) is 36.5 Å². The lowest BCUT2D eigenvalue weighted by molar-refractivity contribution is 0.311. The van der Waals surface area contributed by atoms with Crippen LogP contribution in [0.5, 0.6) is 0 Å². The van der Waals surface area contributed by atoms with Gasteiger partial charge in [-0.05, 0) is 49.4 Å². The number of aromatic nitrogens is 2. The zero-order valence-electron chi connectivity index (χ0n) is 14.1. The normalized spacial score (nSPS) is 19.9. The van der Waals surface area contributed by atoms with Crippen molar-refractivity contribution in [2.75, 3.05) is 0 Å². The molecule has 122 valence electrons. The molecule has 1 heterocycles. The molecule has 0 spiro atoms. The van der Waals surface area contributed by atoms with Crippen molar-refractivity contribution in [2.45, 2.75) is 38.3 Å². The second kappa shape index (κ2) is 6.25. The molecule has 1 aromatic heterocycles. The molecule has 3 heteroatoms. The monoisotopic (exact) mass is 317 g/mol. The maximum Gasteiger partial charge on any atom is 0.0645 e. The molecule has 0 saturated carbocycles. The van der Waals surface area contributed by atoms with E-state index in [2.05, 4.69) is 59.9 Å². The Bertz CT molecular complexity index is 822. The quantitative estimate of drug-likeness (QED) is 0.781. The van der Waals surface area contributed by atoms with E-state index >= 15 is 0 Å². The summed E-state index contributed by atoms with van der Waals surface area (Å²) in [5.74, 6) is 0.